The zero-order chi connectivity index (χ0) is 16.1. The average Bonchev–Trinajstić information content (AvgIpc) is 2.86. The molecule has 0 radical (unpaired) electrons. The SMILES string of the molecule is CCCCc1nc(Cl)c(CN2CC[C@H](O)C[C@@H]2C(=O)OC)[nH]1. The number of imidazole rings is 1. The van der Waals surface area contributed by atoms with E-state index in [1.807, 2.05) is 4.90 Å². The van der Waals surface area contributed by atoms with E-state index in [-0.39, 0.29) is 5.97 Å². The molecule has 1 saturated heterocycles. The molecule has 0 aliphatic carbocycles. The van der Waals surface area contributed by atoms with Crippen molar-refractivity contribution in [2.24, 2.45) is 0 Å². The molecule has 2 heterocycles. The minimum absolute atomic E-state index is 0.319. The van der Waals surface area contributed by atoms with Gasteiger partial charge in [-0.05, 0) is 19.3 Å². The fourth-order valence-electron chi connectivity index (χ4n) is 2.78. The van der Waals surface area contributed by atoms with Crippen molar-refractivity contribution in [3.63, 3.8) is 0 Å². The highest BCUT2D eigenvalue weighted by Crippen LogP contribution is 2.23. The lowest BCUT2D eigenvalue weighted by Crippen LogP contribution is -2.48. The van der Waals surface area contributed by atoms with E-state index in [1.165, 1.54) is 7.11 Å². The molecule has 0 saturated carbocycles. The Labute approximate surface area is 135 Å². The number of aromatic amines is 1. The minimum Gasteiger partial charge on any atom is -0.468 e. The van der Waals surface area contributed by atoms with Crippen molar-refractivity contribution in [3.05, 3.63) is 16.7 Å². The molecule has 1 aromatic heterocycles. The predicted octanol–water partition coefficient (Wildman–Crippen LogP) is 1.90. The molecule has 6 nitrogen and oxygen atoms in total. The summed E-state index contributed by atoms with van der Waals surface area (Å²) in [4.78, 5) is 21.5. The first kappa shape index (κ1) is 17.2. The Morgan fingerprint density at radius 1 is 1.59 bits per heavy atom. The van der Waals surface area contributed by atoms with E-state index < -0.39 is 12.1 Å². The van der Waals surface area contributed by atoms with Gasteiger partial charge in [0, 0.05) is 19.5 Å². The van der Waals surface area contributed by atoms with Crippen molar-refractivity contribution >= 4 is 17.6 Å². The van der Waals surface area contributed by atoms with Crippen LogP contribution in [0, 0.1) is 0 Å². The summed E-state index contributed by atoms with van der Waals surface area (Å²) in [7, 11) is 1.37. The number of aliphatic hydroxyl groups is 1. The molecule has 1 aliphatic rings. The van der Waals surface area contributed by atoms with Crippen LogP contribution in [0.1, 0.15) is 44.1 Å². The van der Waals surface area contributed by atoms with Crippen LogP contribution in [0.25, 0.3) is 0 Å². The van der Waals surface area contributed by atoms with Gasteiger partial charge in [0.05, 0.1) is 18.9 Å². The second kappa shape index (κ2) is 7.94. The summed E-state index contributed by atoms with van der Waals surface area (Å²) in [6.45, 7) is 3.26. The number of nitrogens with one attached hydrogen (secondary N) is 1. The third-order valence-corrected chi connectivity index (χ3v) is 4.38. The van der Waals surface area contributed by atoms with Crippen LogP contribution in [0.4, 0.5) is 0 Å². The lowest BCUT2D eigenvalue weighted by molar-refractivity contribution is -0.150. The number of nitrogens with zero attached hydrogens (tertiary/aromatic N) is 2. The van der Waals surface area contributed by atoms with Crippen LogP contribution in [0.2, 0.25) is 5.15 Å². The number of rotatable bonds is 6. The molecular weight excluding hydrogens is 306 g/mol. The van der Waals surface area contributed by atoms with Gasteiger partial charge in [-0.1, -0.05) is 24.9 Å². The van der Waals surface area contributed by atoms with Crippen LogP contribution in [0.15, 0.2) is 0 Å². The van der Waals surface area contributed by atoms with Gasteiger partial charge in [0.2, 0.25) is 0 Å². The topological polar surface area (TPSA) is 78.4 Å². The highest BCUT2D eigenvalue weighted by atomic mass is 35.5. The number of piperidine rings is 1. The van der Waals surface area contributed by atoms with Crippen LogP contribution < -0.4 is 0 Å². The van der Waals surface area contributed by atoms with Crippen molar-refractivity contribution in [1.82, 2.24) is 14.9 Å². The zero-order valence-electron chi connectivity index (χ0n) is 13.1. The number of hydrogen-bond donors (Lipinski definition) is 2. The van der Waals surface area contributed by atoms with Gasteiger partial charge < -0.3 is 14.8 Å². The Morgan fingerprint density at radius 3 is 3.05 bits per heavy atom. The number of H-pyrrole nitrogens is 1. The fraction of sp³-hybridized carbons (Fsp3) is 0.733. The number of carbonyl (C=O) groups is 1. The maximum Gasteiger partial charge on any atom is 0.323 e. The molecule has 0 aromatic carbocycles. The van der Waals surface area contributed by atoms with Crippen LogP contribution in [-0.2, 0) is 22.5 Å². The largest absolute Gasteiger partial charge is 0.468 e. The number of aryl methyl sites for hydroxylation is 1. The van der Waals surface area contributed by atoms with E-state index in [4.69, 9.17) is 16.3 Å². The minimum atomic E-state index is -0.460. The second-order valence-corrected chi connectivity index (χ2v) is 6.10. The number of unbranched alkanes of at least 4 members (excludes halogenated alkanes) is 1. The van der Waals surface area contributed by atoms with Crippen molar-refractivity contribution in [2.75, 3.05) is 13.7 Å². The maximum atomic E-state index is 11.9. The summed E-state index contributed by atoms with van der Waals surface area (Å²) in [6, 6.07) is -0.438. The summed E-state index contributed by atoms with van der Waals surface area (Å²) in [5, 5.41) is 10.2. The third-order valence-electron chi connectivity index (χ3n) is 4.06. The summed E-state index contributed by atoms with van der Waals surface area (Å²) in [5.74, 6) is 0.564. The van der Waals surface area contributed by atoms with Gasteiger partial charge in [0.25, 0.3) is 0 Å². The number of methoxy groups -OCH3 is 1. The second-order valence-electron chi connectivity index (χ2n) is 5.74. The molecule has 1 aliphatic heterocycles. The highest BCUT2D eigenvalue weighted by Gasteiger charge is 2.34. The molecule has 0 spiro atoms. The summed E-state index contributed by atoms with van der Waals surface area (Å²) >= 11 is 6.20. The molecule has 7 heteroatoms. The number of halogens is 1. The first-order valence-corrected chi connectivity index (χ1v) is 8.16. The van der Waals surface area contributed by atoms with Crippen LogP contribution in [-0.4, -0.2) is 51.7 Å². The Kier molecular flexibility index (Phi) is 6.23. The van der Waals surface area contributed by atoms with Crippen molar-refractivity contribution < 1.29 is 14.6 Å². The Balaban J connectivity index is 2.07. The molecule has 0 unspecified atom stereocenters. The number of esters is 1. The first-order valence-electron chi connectivity index (χ1n) is 7.78. The molecule has 0 bridgehead atoms. The number of ether oxygens (including phenoxy) is 1. The molecule has 0 amide bonds. The molecule has 22 heavy (non-hydrogen) atoms. The van der Waals surface area contributed by atoms with E-state index in [0.29, 0.717) is 31.1 Å². The first-order chi connectivity index (χ1) is 10.5. The number of aliphatic hydroxyl groups excluding tert-OH is 1. The van der Waals surface area contributed by atoms with E-state index in [1.54, 1.807) is 0 Å². The standard InChI is InChI=1S/C15H24ClN3O3/c1-3-4-5-13-17-11(14(16)18-13)9-19-7-6-10(20)8-12(19)15(21)22-2/h10,12,20H,3-9H2,1-2H3,(H,17,18)/t10-,12+/m0/s1. The van der Waals surface area contributed by atoms with Gasteiger partial charge in [-0.2, -0.15) is 0 Å². The fourth-order valence-corrected chi connectivity index (χ4v) is 2.99. The molecule has 2 atom stereocenters. The number of hydrogen-bond acceptors (Lipinski definition) is 5. The molecule has 1 fully saturated rings. The molecule has 2 rings (SSSR count). The Bertz CT molecular complexity index is 506. The van der Waals surface area contributed by atoms with Crippen LogP contribution in [0.3, 0.4) is 0 Å². The quantitative estimate of drug-likeness (QED) is 0.779. The summed E-state index contributed by atoms with van der Waals surface area (Å²) in [6.07, 6.45) is 3.60. The van der Waals surface area contributed by atoms with Gasteiger partial charge >= 0.3 is 5.97 Å². The zero-order valence-corrected chi connectivity index (χ0v) is 13.9. The van der Waals surface area contributed by atoms with Crippen molar-refractivity contribution in [2.45, 2.75) is 57.7 Å². The monoisotopic (exact) mass is 329 g/mol. The summed E-state index contributed by atoms with van der Waals surface area (Å²) in [5.41, 5.74) is 0.818. The normalized spacial score (nSPS) is 22.7. The number of likely N-dealkylation sites (tertiary alicyclic amines) is 1. The number of carbonyl (C=O) groups excluding carboxylic acids is 1. The molecule has 2 N–H and O–H groups in total. The smallest absolute Gasteiger partial charge is 0.323 e. The van der Waals surface area contributed by atoms with Gasteiger partial charge in [-0.15, -0.1) is 0 Å². The van der Waals surface area contributed by atoms with Crippen molar-refractivity contribution in [3.8, 4) is 0 Å². The Hall–Kier alpha value is -1.11. The lowest BCUT2D eigenvalue weighted by atomic mass is 9.99. The van der Waals surface area contributed by atoms with Gasteiger partial charge in [-0.25, -0.2) is 4.98 Å². The van der Waals surface area contributed by atoms with Gasteiger partial charge in [0.15, 0.2) is 5.15 Å². The Morgan fingerprint density at radius 2 is 2.36 bits per heavy atom. The lowest BCUT2D eigenvalue weighted by Gasteiger charge is -2.35. The van der Waals surface area contributed by atoms with Gasteiger partial charge in [0.1, 0.15) is 11.9 Å². The van der Waals surface area contributed by atoms with Gasteiger partial charge in [-0.3, -0.25) is 9.69 Å². The summed E-state index contributed by atoms with van der Waals surface area (Å²) < 4.78 is 4.84. The van der Waals surface area contributed by atoms with Crippen molar-refractivity contribution in [1.29, 1.82) is 0 Å². The van der Waals surface area contributed by atoms with E-state index >= 15 is 0 Å². The van der Waals surface area contributed by atoms with E-state index in [0.717, 1.165) is 30.8 Å². The average molecular weight is 330 g/mol. The predicted molar refractivity (Wildman–Crippen MR) is 83.7 cm³/mol. The maximum absolute atomic E-state index is 11.9. The highest BCUT2D eigenvalue weighted by molar-refractivity contribution is 6.30. The van der Waals surface area contributed by atoms with Crippen LogP contribution in [0.5, 0.6) is 0 Å². The molecular formula is C15H24ClN3O3. The molecule has 124 valence electrons. The molecule has 1 aromatic rings. The third kappa shape index (κ3) is 4.21. The van der Waals surface area contributed by atoms with E-state index in [2.05, 4.69) is 16.9 Å². The van der Waals surface area contributed by atoms with E-state index in [9.17, 15) is 9.90 Å². The number of aromatic nitrogens is 2. The van der Waals surface area contributed by atoms with Crippen LogP contribution >= 0.6 is 11.6 Å².